The molecule has 0 saturated carbocycles. The lowest BCUT2D eigenvalue weighted by Gasteiger charge is -2.23. The molecule has 0 radical (unpaired) electrons. The highest BCUT2D eigenvalue weighted by molar-refractivity contribution is 7.10. The van der Waals surface area contributed by atoms with Gasteiger partial charge < -0.3 is 5.32 Å². The van der Waals surface area contributed by atoms with Gasteiger partial charge >= 0.3 is 0 Å². The van der Waals surface area contributed by atoms with E-state index in [1.807, 2.05) is 14.0 Å². The summed E-state index contributed by atoms with van der Waals surface area (Å²) >= 11 is 8.03. The fraction of sp³-hybridized carbons (Fsp3) is 0.500. The number of hydrogen-bond donors (Lipinski definition) is 1. The van der Waals surface area contributed by atoms with E-state index in [4.69, 9.17) is 11.6 Å². The van der Waals surface area contributed by atoms with E-state index in [0.29, 0.717) is 0 Å². The molecule has 3 nitrogen and oxygen atoms in total. The molecule has 2 aromatic heterocycles. The highest BCUT2D eigenvalue weighted by Gasteiger charge is 2.21. The van der Waals surface area contributed by atoms with Gasteiger partial charge in [-0.3, -0.25) is 4.68 Å². The van der Waals surface area contributed by atoms with Gasteiger partial charge in [-0.2, -0.15) is 5.10 Å². The number of nitrogens with one attached hydrogen (secondary N) is 1. The highest BCUT2D eigenvalue weighted by atomic mass is 35.5. The number of nitrogens with zero attached hydrogens (tertiary/aromatic N) is 2. The van der Waals surface area contributed by atoms with Gasteiger partial charge in [-0.15, -0.1) is 11.3 Å². The predicted octanol–water partition coefficient (Wildman–Crippen LogP) is 3.51. The maximum Gasteiger partial charge on any atom is 0.131 e. The molecule has 0 amide bonds. The zero-order chi connectivity index (χ0) is 14.0. The molecule has 0 unspecified atom stereocenters. The number of thiophene rings is 1. The lowest BCUT2D eigenvalue weighted by Crippen LogP contribution is -2.32. The number of aromatic nitrogens is 2. The largest absolute Gasteiger partial charge is 0.312 e. The molecule has 104 valence electrons. The molecular formula is C14H20ClN3S. The summed E-state index contributed by atoms with van der Waals surface area (Å²) in [7, 11) is 1.87. The van der Waals surface area contributed by atoms with Gasteiger partial charge in [0.1, 0.15) is 5.15 Å². The summed E-state index contributed by atoms with van der Waals surface area (Å²) in [5.41, 5.74) is 2.22. The van der Waals surface area contributed by atoms with Crippen molar-refractivity contribution in [2.45, 2.75) is 32.7 Å². The quantitative estimate of drug-likeness (QED) is 0.915. The van der Waals surface area contributed by atoms with Crippen molar-refractivity contribution >= 4 is 22.9 Å². The fourth-order valence-electron chi connectivity index (χ4n) is 2.13. The van der Waals surface area contributed by atoms with E-state index in [9.17, 15) is 0 Å². The van der Waals surface area contributed by atoms with Crippen molar-refractivity contribution in [3.63, 3.8) is 0 Å². The monoisotopic (exact) mass is 297 g/mol. The number of halogens is 1. The summed E-state index contributed by atoms with van der Waals surface area (Å²) in [6.07, 6.45) is 0. The molecule has 0 aliphatic carbocycles. The van der Waals surface area contributed by atoms with Crippen LogP contribution in [0.4, 0.5) is 0 Å². The van der Waals surface area contributed by atoms with Crippen LogP contribution < -0.4 is 5.32 Å². The van der Waals surface area contributed by atoms with Crippen molar-refractivity contribution in [2.24, 2.45) is 7.05 Å². The Morgan fingerprint density at radius 1 is 1.47 bits per heavy atom. The Morgan fingerprint density at radius 2 is 2.21 bits per heavy atom. The summed E-state index contributed by atoms with van der Waals surface area (Å²) in [4.78, 5) is 1.40. The molecule has 5 heteroatoms. The van der Waals surface area contributed by atoms with Crippen molar-refractivity contribution < 1.29 is 0 Å². The Kier molecular flexibility index (Phi) is 4.33. The first-order valence-electron chi connectivity index (χ1n) is 6.34. The van der Waals surface area contributed by atoms with E-state index in [-0.39, 0.29) is 5.41 Å². The Labute approximate surface area is 123 Å². The molecule has 2 rings (SSSR count). The Bertz CT molecular complexity index is 543. The van der Waals surface area contributed by atoms with Crippen LogP contribution >= 0.6 is 22.9 Å². The second-order valence-electron chi connectivity index (χ2n) is 5.44. The maximum absolute atomic E-state index is 6.23. The smallest absolute Gasteiger partial charge is 0.131 e. The van der Waals surface area contributed by atoms with E-state index in [0.717, 1.165) is 29.5 Å². The average molecular weight is 298 g/mol. The summed E-state index contributed by atoms with van der Waals surface area (Å²) in [6, 6.07) is 4.29. The van der Waals surface area contributed by atoms with Crippen LogP contribution in [0.2, 0.25) is 5.15 Å². The number of rotatable bonds is 5. The van der Waals surface area contributed by atoms with Crippen molar-refractivity contribution in [3.8, 4) is 0 Å². The summed E-state index contributed by atoms with van der Waals surface area (Å²) in [5.74, 6) is 0. The molecule has 0 atom stereocenters. The zero-order valence-corrected chi connectivity index (χ0v) is 13.4. The van der Waals surface area contributed by atoms with E-state index in [1.54, 1.807) is 16.0 Å². The third-order valence-electron chi connectivity index (χ3n) is 3.33. The van der Waals surface area contributed by atoms with Crippen molar-refractivity contribution in [3.05, 3.63) is 38.8 Å². The molecular weight excluding hydrogens is 278 g/mol. The number of hydrogen-bond acceptors (Lipinski definition) is 3. The maximum atomic E-state index is 6.23. The summed E-state index contributed by atoms with van der Waals surface area (Å²) < 4.78 is 1.72. The van der Waals surface area contributed by atoms with Gasteiger partial charge in [0.25, 0.3) is 0 Å². The molecule has 0 fully saturated rings. The van der Waals surface area contributed by atoms with Gasteiger partial charge in [0.2, 0.25) is 0 Å². The topological polar surface area (TPSA) is 29.9 Å². The van der Waals surface area contributed by atoms with Gasteiger partial charge in [-0.1, -0.05) is 31.5 Å². The molecule has 0 aliphatic rings. The Balaban J connectivity index is 1.97. The van der Waals surface area contributed by atoms with Gasteiger partial charge in [0.05, 0.1) is 5.69 Å². The minimum atomic E-state index is 0.136. The van der Waals surface area contributed by atoms with Crippen LogP contribution in [0.5, 0.6) is 0 Å². The second kappa shape index (κ2) is 5.65. The fourth-order valence-corrected chi connectivity index (χ4v) is 3.22. The number of aryl methyl sites for hydroxylation is 2. The highest BCUT2D eigenvalue weighted by Crippen LogP contribution is 2.27. The molecule has 0 aromatic carbocycles. The van der Waals surface area contributed by atoms with Gasteiger partial charge in [-0.05, 0) is 18.4 Å². The molecule has 0 saturated heterocycles. The Hall–Kier alpha value is -0.840. The molecule has 0 aliphatic heterocycles. The van der Waals surface area contributed by atoms with Gasteiger partial charge in [-0.25, -0.2) is 0 Å². The summed E-state index contributed by atoms with van der Waals surface area (Å²) in [5, 5.41) is 10.7. The lowest BCUT2D eigenvalue weighted by molar-refractivity contribution is 0.476. The molecule has 0 bridgehead atoms. The van der Waals surface area contributed by atoms with Crippen LogP contribution in [0, 0.1) is 6.92 Å². The van der Waals surface area contributed by atoms with E-state index >= 15 is 0 Å². The first-order chi connectivity index (χ1) is 8.92. The molecule has 0 spiro atoms. The zero-order valence-electron chi connectivity index (χ0n) is 11.8. The average Bonchev–Trinajstić information content (AvgIpc) is 2.94. The second-order valence-corrected chi connectivity index (χ2v) is 6.75. The van der Waals surface area contributed by atoms with Crippen LogP contribution in [0.15, 0.2) is 17.5 Å². The van der Waals surface area contributed by atoms with Crippen LogP contribution in [0.1, 0.15) is 30.0 Å². The van der Waals surface area contributed by atoms with E-state index in [1.165, 1.54) is 4.88 Å². The van der Waals surface area contributed by atoms with Crippen molar-refractivity contribution in [1.29, 1.82) is 0 Å². The summed E-state index contributed by atoms with van der Waals surface area (Å²) in [6.45, 7) is 8.17. The third kappa shape index (κ3) is 3.19. The molecule has 19 heavy (non-hydrogen) atoms. The molecule has 2 heterocycles. The van der Waals surface area contributed by atoms with Gasteiger partial charge in [0, 0.05) is 36.0 Å². The minimum Gasteiger partial charge on any atom is -0.312 e. The molecule has 1 N–H and O–H groups in total. The van der Waals surface area contributed by atoms with E-state index < -0.39 is 0 Å². The van der Waals surface area contributed by atoms with Crippen molar-refractivity contribution in [2.75, 3.05) is 6.54 Å². The van der Waals surface area contributed by atoms with Crippen LogP contribution in [0.25, 0.3) is 0 Å². The van der Waals surface area contributed by atoms with Crippen LogP contribution in [-0.2, 0) is 19.0 Å². The third-order valence-corrected chi connectivity index (χ3v) is 5.04. The minimum absolute atomic E-state index is 0.136. The van der Waals surface area contributed by atoms with Crippen LogP contribution in [0.3, 0.4) is 0 Å². The first-order valence-corrected chi connectivity index (χ1v) is 7.60. The van der Waals surface area contributed by atoms with Crippen molar-refractivity contribution in [1.82, 2.24) is 15.1 Å². The SMILES string of the molecule is Cc1nn(C)c(Cl)c1CNCC(C)(C)c1cccs1. The van der Waals surface area contributed by atoms with Crippen LogP contribution in [-0.4, -0.2) is 16.3 Å². The normalized spacial score (nSPS) is 12.1. The lowest BCUT2D eigenvalue weighted by atomic mass is 9.91. The van der Waals surface area contributed by atoms with Gasteiger partial charge in [0.15, 0.2) is 0 Å². The predicted molar refractivity (Wildman–Crippen MR) is 82.0 cm³/mol. The molecule has 2 aromatic rings. The first kappa shape index (κ1) is 14.6. The standard InChI is InChI=1S/C14H20ClN3S/c1-10-11(13(15)18(4)17-10)8-16-9-14(2,3)12-6-5-7-19-12/h5-7,16H,8-9H2,1-4H3. The Morgan fingerprint density at radius 3 is 2.74 bits per heavy atom. The van der Waals surface area contributed by atoms with E-state index in [2.05, 4.69) is 41.8 Å².